The largest absolute Gasteiger partial charge is 0.388 e. The third-order valence-electron chi connectivity index (χ3n) is 4.23. The molecule has 1 aliphatic rings. The lowest BCUT2D eigenvalue weighted by Crippen LogP contribution is -2.48. The number of hydrogen-bond donors (Lipinski definition) is 3. The summed E-state index contributed by atoms with van der Waals surface area (Å²) in [4.78, 5) is 23.5. The maximum absolute atomic E-state index is 13.4. The quantitative estimate of drug-likeness (QED) is 0.740. The molecule has 5 nitrogen and oxygen atoms in total. The van der Waals surface area contributed by atoms with E-state index in [0.717, 1.165) is 37.8 Å². The van der Waals surface area contributed by atoms with Crippen molar-refractivity contribution in [2.24, 2.45) is 5.92 Å². The van der Waals surface area contributed by atoms with Crippen LogP contribution in [0.2, 0.25) is 0 Å². The Balaban J connectivity index is 1.88. The van der Waals surface area contributed by atoms with Crippen molar-refractivity contribution in [2.75, 3.05) is 11.9 Å². The first-order valence-electron chi connectivity index (χ1n) is 7.56. The Morgan fingerprint density at radius 1 is 1.26 bits per heavy atom. The smallest absolute Gasteiger partial charge is 0.313 e. The third kappa shape index (κ3) is 4.48. The molecule has 1 fully saturated rings. The molecule has 0 aromatic heterocycles. The van der Waals surface area contributed by atoms with Crippen molar-refractivity contribution in [1.82, 2.24) is 5.32 Å². The number of carbonyl (C=O) groups excluding carboxylic acids is 2. The molecule has 2 rings (SSSR count). The molecule has 7 heteroatoms. The van der Waals surface area contributed by atoms with Gasteiger partial charge in [0.05, 0.1) is 11.3 Å². The number of aliphatic hydroxyl groups is 1. The molecule has 1 atom stereocenters. The predicted octanol–water partition coefficient (Wildman–Crippen LogP) is 1.96. The Bertz CT molecular complexity index is 599. The summed E-state index contributed by atoms with van der Waals surface area (Å²) in [5.41, 5.74) is -1.37. The summed E-state index contributed by atoms with van der Waals surface area (Å²) in [6.07, 6.45) is 3.85. The Kier molecular flexibility index (Phi) is 5.30. The van der Waals surface area contributed by atoms with Gasteiger partial charge in [0.2, 0.25) is 0 Å². The van der Waals surface area contributed by atoms with Crippen LogP contribution in [0.25, 0.3) is 0 Å². The van der Waals surface area contributed by atoms with Crippen LogP contribution >= 0.6 is 0 Å². The van der Waals surface area contributed by atoms with Gasteiger partial charge in [-0.25, -0.2) is 8.78 Å². The van der Waals surface area contributed by atoms with Crippen molar-refractivity contribution in [3.8, 4) is 0 Å². The number of amides is 2. The van der Waals surface area contributed by atoms with Gasteiger partial charge in [0.1, 0.15) is 11.6 Å². The standard InChI is InChI=1S/C16H20F2N2O3/c1-16(23,10-4-2-3-5-10)9-19-14(21)15(22)20-13-7-6-11(17)8-12(13)18/h6-8,10,23H,2-5,9H2,1H3,(H,19,21)(H,20,22). The van der Waals surface area contributed by atoms with E-state index in [9.17, 15) is 23.5 Å². The van der Waals surface area contributed by atoms with Crippen molar-refractivity contribution < 1.29 is 23.5 Å². The van der Waals surface area contributed by atoms with Gasteiger partial charge in [-0.1, -0.05) is 12.8 Å². The molecule has 0 aliphatic heterocycles. The molecule has 1 aromatic rings. The molecule has 0 bridgehead atoms. The molecule has 0 saturated heterocycles. The van der Waals surface area contributed by atoms with Crippen molar-refractivity contribution in [3.63, 3.8) is 0 Å². The molecule has 1 aromatic carbocycles. The molecule has 2 amide bonds. The number of benzene rings is 1. The molecule has 126 valence electrons. The highest BCUT2D eigenvalue weighted by atomic mass is 19.1. The van der Waals surface area contributed by atoms with Crippen LogP contribution in [0, 0.1) is 17.6 Å². The van der Waals surface area contributed by atoms with Crippen LogP contribution in [-0.4, -0.2) is 29.1 Å². The topological polar surface area (TPSA) is 78.4 Å². The van der Waals surface area contributed by atoms with Gasteiger partial charge in [0.25, 0.3) is 0 Å². The van der Waals surface area contributed by atoms with Crippen molar-refractivity contribution >= 4 is 17.5 Å². The highest BCUT2D eigenvalue weighted by Gasteiger charge is 2.34. The molecule has 1 aliphatic carbocycles. The van der Waals surface area contributed by atoms with Crippen LogP contribution in [0.4, 0.5) is 14.5 Å². The van der Waals surface area contributed by atoms with E-state index in [4.69, 9.17) is 0 Å². The Hall–Kier alpha value is -2.02. The average Bonchev–Trinajstić information content (AvgIpc) is 3.02. The number of hydrogen-bond acceptors (Lipinski definition) is 3. The van der Waals surface area contributed by atoms with E-state index < -0.39 is 29.0 Å². The minimum atomic E-state index is -1.09. The molecular formula is C16H20F2N2O3. The van der Waals surface area contributed by atoms with Crippen LogP contribution in [0.15, 0.2) is 18.2 Å². The first-order chi connectivity index (χ1) is 10.8. The number of halogens is 2. The van der Waals surface area contributed by atoms with Crippen LogP contribution in [0.1, 0.15) is 32.6 Å². The minimum Gasteiger partial charge on any atom is -0.388 e. The second-order valence-electron chi connectivity index (χ2n) is 6.10. The highest BCUT2D eigenvalue weighted by molar-refractivity contribution is 6.39. The zero-order valence-electron chi connectivity index (χ0n) is 12.9. The van der Waals surface area contributed by atoms with Gasteiger partial charge in [-0.3, -0.25) is 9.59 Å². The van der Waals surface area contributed by atoms with Gasteiger partial charge < -0.3 is 15.7 Å². The monoisotopic (exact) mass is 326 g/mol. The van der Waals surface area contributed by atoms with Gasteiger partial charge in [-0.05, 0) is 37.8 Å². The van der Waals surface area contributed by atoms with Crippen LogP contribution in [-0.2, 0) is 9.59 Å². The zero-order chi connectivity index (χ0) is 17.0. The molecule has 0 radical (unpaired) electrons. The van der Waals surface area contributed by atoms with Gasteiger partial charge >= 0.3 is 11.8 Å². The number of carbonyl (C=O) groups is 2. The highest BCUT2D eigenvalue weighted by Crippen LogP contribution is 2.33. The average molecular weight is 326 g/mol. The van der Waals surface area contributed by atoms with E-state index >= 15 is 0 Å². The maximum Gasteiger partial charge on any atom is 0.313 e. The summed E-state index contributed by atoms with van der Waals surface area (Å²) in [6.45, 7) is 1.57. The summed E-state index contributed by atoms with van der Waals surface area (Å²) in [6, 6.07) is 2.62. The molecule has 23 heavy (non-hydrogen) atoms. The van der Waals surface area contributed by atoms with Crippen LogP contribution in [0.5, 0.6) is 0 Å². The van der Waals surface area contributed by atoms with Gasteiger partial charge in [-0.15, -0.1) is 0 Å². The lowest BCUT2D eigenvalue weighted by atomic mass is 9.88. The summed E-state index contributed by atoms with van der Waals surface area (Å²) >= 11 is 0. The lowest BCUT2D eigenvalue weighted by Gasteiger charge is -2.30. The molecule has 0 spiro atoms. The van der Waals surface area contributed by atoms with E-state index in [2.05, 4.69) is 10.6 Å². The molecule has 1 saturated carbocycles. The summed E-state index contributed by atoms with van der Waals surface area (Å²) < 4.78 is 26.2. The number of nitrogens with one attached hydrogen (secondary N) is 2. The van der Waals surface area contributed by atoms with Crippen LogP contribution < -0.4 is 10.6 Å². The SMILES string of the molecule is CC(O)(CNC(=O)C(=O)Nc1ccc(F)cc1F)C1CCCC1. The van der Waals surface area contributed by atoms with Gasteiger partial charge in [-0.2, -0.15) is 0 Å². The predicted molar refractivity (Wildman–Crippen MR) is 80.6 cm³/mol. The van der Waals surface area contributed by atoms with E-state index in [1.807, 2.05) is 0 Å². The number of anilines is 1. The van der Waals surface area contributed by atoms with Gasteiger partial charge in [0.15, 0.2) is 0 Å². The Morgan fingerprint density at radius 3 is 2.52 bits per heavy atom. The van der Waals surface area contributed by atoms with E-state index in [1.165, 1.54) is 0 Å². The third-order valence-corrected chi connectivity index (χ3v) is 4.23. The minimum absolute atomic E-state index is 0.0597. The van der Waals surface area contributed by atoms with E-state index in [0.29, 0.717) is 6.07 Å². The van der Waals surface area contributed by atoms with Crippen molar-refractivity contribution in [2.45, 2.75) is 38.2 Å². The van der Waals surface area contributed by atoms with Gasteiger partial charge in [0, 0.05) is 12.6 Å². The van der Waals surface area contributed by atoms with E-state index in [1.54, 1.807) is 6.92 Å². The lowest BCUT2D eigenvalue weighted by molar-refractivity contribution is -0.137. The molecule has 1 unspecified atom stereocenters. The summed E-state index contributed by atoms with van der Waals surface area (Å²) in [7, 11) is 0. The molecule has 0 heterocycles. The summed E-state index contributed by atoms with van der Waals surface area (Å²) in [5, 5.41) is 14.8. The first-order valence-corrected chi connectivity index (χ1v) is 7.56. The number of rotatable bonds is 4. The normalized spacial score (nSPS) is 17.6. The molecular weight excluding hydrogens is 306 g/mol. The second kappa shape index (κ2) is 7.04. The Morgan fingerprint density at radius 2 is 1.91 bits per heavy atom. The van der Waals surface area contributed by atoms with E-state index in [-0.39, 0.29) is 18.2 Å². The maximum atomic E-state index is 13.4. The Labute approximate surface area is 133 Å². The zero-order valence-corrected chi connectivity index (χ0v) is 12.9. The van der Waals surface area contributed by atoms with Crippen molar-refractivity contribution in [1.29, 1.82) is 0 Å². The fraction of sp³-hybridized carbons (Fsp3) is 0.500. The van der Waals surface area contributed by atoms with Crippen LogP contribution in [0.3, 0.4) is 0 Å². The molecule has 3 N–H and O–H groups in total. The first kappa shape index (κ1) is 17.3. The fourth-order valence-corrected chi connectivity index (χ4v) is 2.80. The second-order valence-corrected chi connectivity index (χ2v) is 6.10. The fourth-order valence-electron chi connectivity index (χ4n) is 2.80. The summed E-state index contributed by atoms with van der Waals surface area (Å²) in [5.74, 6) is -3.72. The van der Waals surface area contributed by atoms with Crippen molar-refractivity contribution in [3.05, 3.63) is 29.8 Å².